The monoisotopic (exact) mass is 265 g/mol. The summed E-state index contributed by atoms with van der Waals surface area (Å²) in [7, 11) is 3.46. The lowest BCUT2D eigenvalue weighted by atomic mass is 10.1. The second-order valence-corrected chi connectivity index (χ2v) is 4.96. The second-order valence-electron chi connectivity index (χ2n) is 4.96. The SMILES string of the molecule is COCCN(CCOC)C1CCc2cc(O)ccc21. The molecule has 0 saturated heterocycles. The Hall–Kier alpha value is -1.10. The Morgan fingerprint density at radius 1 is 1.21 bits per heavy atom. The maximum atomic E-state index is 9.55. The van der Waals surface area contributed by atoms with Crippen LogP contribution in [0.1, 0.15) is 23.6 Å². The Morgan fingerprint density at radius 2 is 1.89 bits per heavy atom. The molecular formula is C15H23NO3. The molecule has 1 aromatic carbocycles. The molecule has 19 heavy (non-hydrogen) atoms. The van der Waals surface area contributed by atoms with Crippen LogP contribution < -0.4 is 0 Å². The lowest BCUT2D eigenvalue weighted by molar-refractivity contribution is 0.0872. The summed E-state index contributed by atoms with van der Waals surface area (Å²) in [5.74, 6) is 0.361. The molecule has 0 heterocycles. The zero-order valence-corrected chi connectivity index (χ0v) is 11.8. The summed E-state index contributed by atoms with van der Waals surface area (Å²) in [4.78, 5) is 2.41. The molecule has 0 aromatic heterocycles. The van der Waals surface area contributed by atoms with Crippen molar-refractivity contribution in [3.63, 3.8) is 0 Å². The Bertz CT molecular complexity index is 400. The van der Waals surface area contributed by atoms with Crippen LogP contribution in [0.4, 0.5) is 0 Å². The molecule has 0 amide bonds. The van der Waals surface area contributed by atoms with E-state index in [1.165, 1.54) is 11.1 Å². The summed E-state index contributed by atoms with van der Waals surface area (Å²) < 4.78 is 10.4. The molecule has 1 atom stereocenters. The number of ether oxygens (including phenoxy) is 2. The zero-order chi connectivity index (χ0) is 13.7. The van der Waals surface area contributed by atoms with E-state index in [4.69, 9.17) is 9.47 Å². The fraction of sp³-hybridized carbons (Fsp3) is 0.600. The Labute approximate surface area is 114 Å². The number of hydrogen-bond acceptors (Lipinski definition) is 4. The van der Waals surface area contributed by atoms with E-state index >= 15 is 0 Å². The zero-order valence-electron chi connectivity index (χ0n) is 11.8. The van der Waals surface area contributed by atoms with E-state index in [2.05, 4.69) is 11.0 Å². The molecule has 1 N–H and O–H groups in total. The molecule has 1 aromatic rings. The Kier molecular flexibility index (Phi) is 5.19. The predicted octanol–water partition coefficient (Wildman–Crippen LogP) is 1.97. The first-order valence-corrected chi connectivity index (χ1v) is 6.80. The number of benzene rings is 1. The van der Waals surface area contributed by atoms with Crippen LogP contribution in [0.15, 0.2) is 18.2 Å². The van der Waals surface area contributed by atoms with Gasteiger partial charge in [0, 0.05) is 33.4 Å². The number of nitrogens with zero attached hydrogens (tertiary/aromatic N) is 1. The molecule has 0 spiro atoms. The smallest absolute Gasteiger partial charge is 0.115 e. The predicted molar refractivity (Wildman–Crippen MR) is 74.5 cm³/mol. The van der Waals surface area contributed by atoms with Gasteiger partial charge in [-0.3, -0.25) is 4.90 Å². The van der Waals surface area contributed by atoms with Crippen molar-refractivity contribution < 1.29 is 14.6 Å². The highest BCUT2D eigenvalue weighted by Crippen LogP contribution is 2.37. The summed E-state index contributed by atoms with van der Waals surface area (Å²) in [6, 6.07) is 6.14. The van der Waals surface area contributed by atoms with Crippen molar-refractivity contribution in [2.45, 2.75) is 18.9 Å². The molecular weight excluding hydrogens is 242 g/mol. The van der Waals surface area contributed by atoms with Crippen LogP contribution in [-0.2, 0) is 15.9 Å². The highest BCUT2D eigenvalue weighted by atomic mass is 16.5. The van der Waals surface area contributed by atoms with Gasteiger partial charge in [0.1, 0.15) is 5.75 Å². The Balaban J connectivity index is 2.10. The third-order valence-corrected chi connectivity index (χ3v) is 3.78. The normalized spacial score (nSPS) is 17.9. The number of fused-ring (bicyclic) bond motifs is 1. The average molecular weight is 265 g/mol. The van der Waals surface area contributed by atoms with Gasteiger partial charge in [-0.05, 0) is 36.1 Å². The van der Waals surface area contributed by atoms with Gasteiger partial charge in [0.2, 0.25) is 0 Å². The molecule has 1 unspecified atom stereocenters. The van der Waals surface area contributed by atoms with Gasteiger partial charge in [-0.15, -0.1) is 0 Å². The van der Waals surface area contributed by atoms with Crippen LogP contribution in [0.2, 0.25) is 0 Å². The number of hydrogen-bond donors (Lipinski definition) is 1. The molecule has 1 aliphatic carbocycles. The fourth-order valence-electron chi connectivity index (χ4n) is 2.80. The summed E-state index contributed by atoms with van der Waals surface area (Å²) in [5, 5.41) is 9.55. The minimum Gasteiger partial charge on any atom is -0.508 e. The summed E-state index contributed by atoms with van der Waals surface area (Å²) in [6.45, 7) is 3.27. The molecule has 106 valence electrons. The third-order valence-electron chi connectivity index (χ3n) is 3.78. The molecule has 2 rings (SSSR count). The number of aryl methyl sites for hydroxylation is 1. The second kappa shape index (κ2) is 6.89. The first kappa shape index (κ1) is 14.3. The topological polar surface area (TPSA) is 41.9 Å². The first-order valence-electron chi connectivity index (χ1n) is 6.80. The van der Waals surface area contributed by atoms with Crippen molar-refractivity contribution in [2.24, 2.45) is 0 Å². The third kappa shape index (κ3) is 3.47. The van der Waals surface area contributed by atoms with E-state index in [-0.39, 0.29) is 0 Å². The van der Waals surface area contributed by atoms with Crippen LogP contribution in [0.25, 0.3) is 0 Å². The Morgan fingerprint density at radius 3 is 2.53 bits per heavy atom. The maximum absolute atomic E-state index is 9.55. The van der Waals surface area contributed by atoms with E-state index in [1.807, 2.05) is 6.07 Å². The lowest BCUT2D eigenvalue weighted by Gasteiger charge is -2.29. The fourth-order valence-corrected chi connectivity index (χ4v) is 2.80. The molecule has 4 nitrogen and oxygen atoms in total. The lowest BCUT2D eigenvalue weighted by Crippen LogP contribution is -2.33. The average Bonchev–Trinajstić information content (AvgIpc) is 2.82. The number of phenolic OH excluding ortho intramolecular Hbond substituents is 1. The van der Waals surface area contributed by atoms with Crippen molar-refractivity contribution in [3.8, 4) is 5.75 Å². The first-order chi connectivity index (χ1) is 9.26. The minimum absolute atomic E-state index is 0.361. The van der Waals surface area contributed by atoms with E-state index in [0.717, 1.165) is 39.1 Å². The summed E-state index contributed by atoms with van der Waals surface area (Å²) in [6.07, 6.45) is 2.14. The standard InChI is InChI=1S/C15H23NO3/c1-18-9-7-16(8-10-19-2)15-6-3-12-11-13(17)4-5-14(12)15/h4-5,11,15,17H,3,6-10H2,1-2H3. The van der Waals surface area contributed by atoms with Crippen molar-refractivity contribution >= 4 is 0 Å². The minimum atomic E-state index is 0.361. The van der Waals surface area contributed by atoms with E-state index < -0.39 is 0 Å². The van der Waals surface area contributed by atoms with Crippen LogP contribution in [0.3, 0.4) is 0 Å². The van der Waals surface area contributed by atoms with Crippen molar-refractivity contribution in [1.29, 1.82) is 0 Å². The summed E-state index contributed by atoms with van der Waals surface area (Å²) >= 11 is 0. The van der Waals surface area contributed by atoms with Gasteiger partial charge >= 0.3 is 0 Å². The highest BCUT2D eigenvalue weighted by molar-refractivity contribution is 5.40. The van der Waals surface area contributed by atoms with Gasteiger partial charge in [-0.25, -0.2) is 0 Å². The highest BCUT2D eigenvalue weighted by Gasteiger charge is 2.27. The molecule has 0 aliphatic heterocycles. The van der Waals surface area contributed by atoms with E-state index in [1.54, 1.807) is 20.3 Å². The van der Waals surface area contributed by atoms with Gasteiger partial charge < -0.3 is 14.6 Å². The van der Waals surface area contributed by atoms with Gasteiger partial charge in [-0.1, -0.05) is 6.07 Å². The van der Waals surface area contributed by atoms with E-state index in [9.17, 15) is 5.11 Å². The molecule has 0 fully saturated rings. The van der Waals surface area contributed by atoms with Crippen molar-refractivity contribution in [1.82, 2.24) is 4.90 Å². The molecule has 0 bridgehead atoms. The van der Waals surface area contributed by atoms with Crippen LogP contribution >= 0.6 is 0 Å². The molecule has 0 saturated carbocycles. The number of aromatic hydroxyl groups is 1. The number of rotatable bonds is 7. The number of phenols is 1. The summed E-state index contributed by atoms with van der Waals surface area (Å²) in [5.41, 5.74) is 2.61. The van der Waals surface area contributed by atoms with Gasteiger partial charge in [0.25, 0.3) is 0 Å². The number of methoxy groups -OCH3 is 2. The quantitative estimate of drug-likeness (QED) is 0.818. The van der Waals surface area contributed by atoms with Crippen LogP contribution in [0, 0.1) is 0 Å². The van der Waals surface area contributed by atoms with Crippen LogP contribution in [0.5, 0.6) is 5.75 Å². The van der Waals surface area contributed by atoms with E-state index in [0.29, 0.717) is 11.8 Å². The molecule has 0 radical (unpaired) electrons. The van der Waals surface area contributed by atoms with Crippen molar-refractivity contribution in [3.05, 3.63) is 29.3 Å². The molecule has 1 aliphatic rings. The van der Waals surface area contributed by atoms with Gasteiger partial charge in [0.15, 0.2) is 0 Å². The van der Waals surface area contributed by atoms with Gasteiger partial charge in [-0.2, -0.15) is 0 Å². The van der Waals surface area contributed by atoms with Crippen molar-refractivity contribution in [2.75, 3.05) is 40.5 Å². The maximum Gasteiger partial charge on any atom is 0.115 e. The largest absolute Gasteiger partial charge is 0.508 e. The molecule has 4 heteroatoms. The van der Waals surface area contributed by atoms with Gasteiger partial charge in [0.05, 0.1) is 13.2 Å². The van der Waals surface area contributed by atoms with Crippen LogP contribution in [-0.4, -0.2) is 50.5 Å².